The number of carbonyl (C=O) groups excluding carboxylic acids is 1. The zero-order chi connectivity index (χ0) is 13.4. The number of nitrogens with zero attached hydrogens (tertiary/aromatic N) is 1. The zero-order valence-electron chi connectivity index (χ0n) is 11.0. The summed E-state index contributed by atoms with van der Waals surface area (Å²) in [6.45, 7) is 4.55. The van der Waals surface area contributed by atoms with Gasteiger partial charge in [-0.15, -0.1) is 0 Å². The van der Waals surface area contributed by atoms with Gasteiger partial charge in [-0.3, -0.25) is 4.79 Å². The summed E-state index contributed by atoms with van der Waals surface area (Å²) in [6.07, 6.45) is 1.12. The van der Waals surface area contributed by atoms with Gasteiger partial charge in [0.25, 0.3) is 0 Å². The molecule has 0 heterocycles. The number of nitriles is 1. The van der Waals surface area contributed by atoms with E-state index < -0.39 is 0 Å². The molecule has 0 aliphatic rings. The van der Waals surface area contributed by atoms with E-state index >= 15 is 0 Å². The second-order valence-corrected chi connectivity index (χ2v) is 4.77. The molecule has 0 aromatic heterocycles. The quantitative estimate of drug-likeness (QED) is 0.836. The molecule has 1 N–H and O–H groups in total. The van der Waals surface area contributed by atoms with Crippen molar-refractivity contribution in [2.75, 3.05) is 6.54 Å². The molecule has 0 spiro atoms. The molecular weight excluding hydrogens is 224 g/mol. The van der Waals surface area contributed by atoms with Crippen molar-refractivity contribution >= 4 is 5.91 Å². The van der Waals surface area contributed by atoms with Crippen LogP contribution >= 0.6 is 0 Å². The standard InChI is InChI=1S/C15H20N2O/c1-12(2)14(11-16)10-15(18)17-9-8-13-6-4-3-5-7-13/h3-7,12,14H,8-10H2,1-2H3,(H,17,18). The van der Waals surface area contributed by atoms with E-state index in [9.17, 15) is 4.79 Å². The highest BCUT2D eigenvalue weighted by Gasteiger charge is 2.16. The van der Waals surface area contributed by atoms with Gasteiger partial charge in [0.1, 0.15) is 0 Å². The lowest BCUT2D eigenvalue weighted by Crippen LogP contribution is -2.28. The Morgan fingerprint density at radius 1 is 1.33 bits per heavy atom. The third-order valence-electron chi connectivity index (χ3n) is 2.95. The molecule has 0 saturated heterocycles. The molecule has 3 heteroatoms. The molecule has 1 unspecified atom stereocenters. The van der Waals surface area contributed by atoms with Crippen molar-refractivity contribution in [3.63, 3.8) is 0 Å². The SMILES string of the molecule is CC(C)C(C#N)CC(=O)NCCc1ccccc1. The summed E-state index contributed by atoms with van der Waals surface area (Å²) < 4.78 is 0. The predicted octanol–water partition coefficient (Wildman–Crippen LogP) is 2.53. The van der Waals surface area contributed by atoms with Crippen LogP contribution in [-0.2, 0) is 11.2 Å². The lowest BCUT2D eigenvalue weighted by atomic mass is 9.94. The molecule has 1 atom stereocenters. The molecule has 96 valence electrons. The number of hydrogen-bond donors (Lipinski definition) is 1. The molecule has 1 aromatic carbocycles. The van der Waals surface area contributed by atoms with Crippen LogP contribution in [0, 0.1) is 23.2 Å². The van der Waals surface area contributed by atoms with Gasteiger partial charge in [-0.1, -0.05) is 44.2 Å². The lowest BCUT2D eigenvalue weighted by Gasteiger charge is -2.12. The summed E-state index contributed by atoms with van der Waals surface area (Å²) in [7, 11) is 0. The summed E-state index contributed by atoms with van der Waals surface area (Å²) in [6, 6.07) is 12.2. The normalized spacial score (nSPS) is 11.9. The molecule has 18 heavy (non-hydrogen) atoms. The van der Waals surface area contributed by atoms with Crippen LogP contribution in [0.2, 0.25) is 0 Å². The Kier molecular flexibility index (Phi) is 5.93. The molecule has 0 aliphatic heterocycles. The van der Waals surface area contributed by atoms with Crippen LogP contribution in [0.4, 0.5) is 0 Å². The number of benzene rings is 1. The average Bonchev–Trinajstić information content (AvgIpc) is 2.37. The molecule has 0 aliphatic carbocycles. The van der Waals surface area contributed by atoms with E-state index in [1.807, 2.05) is 44.2 Å². The third-order valence-corrected chi connectivity index (χ3v) is 2.95. The maximum absolute atomic E-state index is 11.6. The second-order valence-electron chi connectivity index (χ2n) is 4.77. The van der Waals surface area contributed by atoms with E-state index in [0.717, 1.165) is 6.42 Å². The topological polar surface area (TPSA) is 52.9 Å². The number of nitrogens with one attached hydrogen (secondary N) is 1. The first-order chi connectivity index (χ1) is 8.63. The van der Waals surface area contributed by atoms with Crippen molar-refractivity contribution in [3.05, 3.63) is 35.9 Å². The van der Waals surface area contributed by atoms with Gasteiger partial charge in [-0.25, -0.2) is 0 Å². The minimum absolute atomic E-state index is 0.0359. The first-order valence-corrected chi connectivity index (χ1v) is 6.33. The molecule has 0 saturated carbocycles. The van der Waals surface area contributed by atoms with Crippen LogP contribution in [0.25, 0.3) is 0 Å². The highest BCUT2D eigenvalue weighted by atomic mass is 16.1. The average molecular weight is 244 g/mol. The highest BCUT2D eigenvalue weighted by molar-refractivity contribution is 5.76. The Morgan fingerprint density at radius 2 is 2.00 bits per heavy atom. The van der Waals surface area contributed by atoms with Crippen LogP contribution in [0.15, 0.2) is 30.3 Å². The smallest absolute Gasteiger partial charge is 0.221 e. The van der Waals surface area contributed by atoms with E-state index in [2.05, 4.69) is 11.4 Å². The van der Waals surface area contributed by atoms with Gasteiger partial charge in [0.05, 0.1) is 12.0 Å². The van der Waals surface area contributed by atoms with E-state index in [1.165, 1.54) is 5.56 Å². The summed E-state index contributed by atoms with van der Waals surface area (Å²) in [5, 5.41) is 11.8. The van der Waals surface area contributed by atoms with Crippen molar-refractivity contribution in [1.82, 2.24) is 5.32 Å². The summed E-state index contributed by atoms with van der Waals surface area (Å²) in [5.74, 6) is -0.0113. The first-order valence-electron chi connectivity index (χ1n) is 6.33. The predicted molar refractivity (Wildman–Crippen MR) is 71.7 cm³/mol. The minimum atomic E-state index is -0.193. The molecule has 1 rings (SSSR count). The monoisotopic (exact) mass is 244 g/mol. The minimum Gasteiger partial charge on any atom is -0.356 e. The second kappa shape index (κ2) is 7.50. The summed E-state index contributed by atoms with van der Waals surface area (Å²) >= 11 is 0. The Balaban J connectivity index is 2.28. The molecule has 1 aromatic rings. The van der Waals surface area contributed by atoms with Crippen molar-refractivity contribution < 1.29 is 4.79 Å². The van der Waals surface area contributed by atoms with Gasteiger partial charge < -0.3 is 5.32 Å². The van der Waals surface area contributed by atoms with E-state index in [-0.39, 0.29) is 17.7 Å². The molecule has 0 bridgehead atoms. The fourth-order valence-electron chi connectivity index (χ4n) is 1.69. The summed E-state index contributed by atoms with van der Waals surface area (Å²) in [5.41, 5.74) is 1.21. The van der Waals surface area contributed by atoms with E-state index in [0.29, 0.717) is 13.0 Å². The number of carbonyl (C=O) groups is 1. The van der Waals surface area contributed by atoms with Crippen LogP contribution < -0.4 is 5.32 Å². The maximum atomic E-state index is 11.6. The van der Waals surface area contributed by atoms with Crippen LogP contribution in [0.3, 0.4) is 0 Å². The molecule has 0 radical (unpaired) electrons. The van der Waals surface area contributed by atoms with Crippen LogP contribution in [-0.4, -0.2) is 12.5 Å². The molecule has 1 amide bonds. The summed E-state index contributed by atoms with van der Waals surface area (Å²) in [4.78, 5) is 11.6. The van der Waals surface area contributed by atoms with E-state index in [4.69, 9.17) is 5.26 Å². The van der Waals surface area contributed by atoms with Crippen molar-refractivity contribution in [2.24, 2.45) is 11.8 Å². The molecular formula is C15H20N2O. The van der Waals surface area contributed by atoms with Crippen molar-refractivity contribution in [2.45, 2.75) is 26.7 Å². The largest absolute Gasteiger partial charge is 0.356 e. The van der Waals surface area contributed by atoms with Gasteiger partial charge in [0, 0.05) is 13.0 Å². The zero-order valence-corrected chi connectivity index (χ0v) is 11.0. The first kappa shape index (κ1) is 14.2. The van der Waals surface area contributed by atoms with Gasteiger partial charge in [0.2, 0.25) is 5.91 Å². The Bertz CT molecular complexity index is 406. The van der Waals surface area contributed by atoms with Crippen LogP contribution in [0.1, 0.15) is 25.8 Å². The van der Waals surface area contributed by atoms with E-state index in [1.54, 1.807) is 0 Å². The fourth-order valence-corrected chi connectivity index (χ4v) is 1.69. The highest BCUT2D eigenvalue weighted by Crippen LogP contribution is 2.13. The van der Waals surface area contributed by atoms with Gasteiger partial charge in [-0.05, 0) is 17.9 Å². The fraction of sp³-hybridized carbons (Fsp3) is 0.467. The number of amides is 1. The Hall–Kier alpha value is -1.82. The number of rotatable bonds is 6. The third kappa shape index (κ3) is 5.01. The number of hydrogen-bond acceptors (Lipinski definition) is 2. The Morgan fingerprint density at radius 3 is 2.56 bits per heavy atom. The maximum Gasteiger partial charge on any atom is 0.221 e. The molecule has 3 nitrogen and oxygen atoms in total. The lowest BCUT2D eigenvalue weighted by molar-refractivity contribution is -0.121. The van der Waals surface area contributed by atoms with Gasteiger partial charge in [-0.2, -0.15) is 5.26 Å². The molecule has 0 fully saturated rings. The van der Waals surface area contributed by atoms with Crippen LogP contribution in [0.5, 0.6) is 0 Å². The van der Waals surface area contributed by atoms with Crippen molar-refractivity contribution in [1.29, 1.82) is 5.26 Å². The van der Waals surface area contributed by atoms with Crippen molar-refractivity contribution in [3.8, 4) is 6.07 Å². The van der Waals surface area contributed by atoms with Gasteiger partial charge in [0.15, 0.2) is 0 Å². The van der Waals surface area contributed by atoms with Gasteiger partial charge >= 0.3 is 0 Å². The Labute approximate surface area is 109 Å².